The van der Waals surface area contributed by atoms with Gasteiger partial charge < -0.3 is 7.43 Å². The van der Waals surface area contributed by atoms with Crippen LogP contribution in [0.3, 0.4) is 0 Å². The second-order valence-corrected chi connectivity index (χ2v) is 7.98. The van der Waals surface area contributed by atoms with Crippen molar-refractivity contribution in [3.8, 4) is 0 Å². The molecule has 0 amide bonds. The predicted molar refractivity (Wildman–Crippen MR) is 89.5 cm³/mol. The van der Waals surface area contributed by atoms with E-state index in [1.165, 1.54) is 48.1 Å². The summed E-state index contributed by atoms with van der Waals surface area (Å²) in [6, 6.07) is 0. The largest absolute Gasteiger partial charge is 2.00 e. The average Bonchev–Trinajstić information content (AvgIpc) is 2.51. The third kappa shape index (κ3) is 7.48. The molecular formula is C17H33NiP+. The van der Waals surface area contributed by atoms with Crippen LogP contribution < -0.4 is 0 Å². The molecule has 0 nitrogen and oxygen atoms in total. The van der Waals surface area contributed by atoms with Crippen LogP contribution >= 0.6 is 7.92 Å². The van der Waals surface area contributed by atoms with E-state index in [2.05, 4.69) is 55.4 Å². The van der Waals surface area contributed by atoms with Crippen molar-refractivity contribution in [2.75, 3.05) is 18.5 Å². The van der Waals surface area contributed by atoms with Gasteiger partial charge in [-0.15, -0.1) is 7.92 Å². The molecule has 1 aliphatic carbocycles. The summed E-state index contributed by atoms with van der Waals surface area (Å²) in [7, 11) is 0.446. The van der Waals surface area contributed by atoms with Crippen molar-refractivity contribution in [2.45, 2.75) is 55.4 Å². The Kier molecular flexibility index (Phi) is 16.6. The summed E-state index contributed by atoms with van der Waals surface area (Å²) in [5, 5.41) is 0. The van der Waals surface area contributed by atoms with Crippen molar-refractivity contribution >= 4 is 7.92 Å². The molecule has 0 spiro atoms. The first-order chi connectivity index (χ1) is 7.90. The van der Waals surface area contributed by atoms with Crippen LogP contribution in [0.4, 0.5) is 0 Å². The molecule has 1 fully saturated rings. The van der Waals surface area contributed by atoms with Crippen molar-refractivity contribution in [2.24, 2.45) is 0 Å². The van der Waals surface area contributed by atoms with Crippen LogP contribution in [0.1, 0.15) is 55.4 Å². The van der Waals surface area contributed by atoms with E-state index in [0.717, 1.165) is 0 Å². The van der Waals surface area contributed by atoms with Gasteiger partial charge in [-0.05, 0) is 48.1 Å². The fraction of sp³-hybridized carbons (Fsp3) is 0.647. The molecule has 0 N–H and O–H groups in total. The quantitative estimate of drug-likeness (QED) is 0.341. The molecule has 19 heavy (non-hydrogen) atoms. The first-order valence-corrected chi connectivity index (χ1v) is 8.72. The van der Waals surface area contributed by atoms with Crippen LogP contribution in [0.2, 0.25) is 0 Å². The third-order valence-electron chi connectivity index (χ3n) is 4.15. The topological polar surface area (TPSA) is 0 Å². The minimum atomic E-state index is 0. The van der Waals surface area contributed by atoms with Crippen molar-refractivity contribution in [1.82, 2.24) is 0 Å². The Hall–Kier alpha value is 0.924. The maximum atomic E-state index is 2.29. The van der Waals surface area contributed by atoms with E-state index in [4.69, 9.17) is 0 Å². The number of rotatable bonds is 3. The summed E-state index contributed by atoms with van der Waals surface area (Å²) in [5.74, 6) is 7.34. The molecule has 115 valence electrons. The maximum absolute atomic E-state index is 2.29. The van der Waals surface area contributed by atoms with E-state index >= 15 is 0 Å². The van der Waals surface area contributed by atoms with Crippen molar-refractivity contribution < 1.29 is 16.5 Å². The second kappa shape index (κ2) is 12.6. The molecule has 0 atom stereocenters. The fourth-order valence-electron chi connectivity index (χ4n) is 2.08. The van der Waals surface area contributed by atoms with Gasteiger partial charge in [-0.3, -0.25) is 0 Å². The summed E-state index contributed by atoms with van der Waals surface area (Å²) in [6.07, 6.45) is 4.26. The fourth-order valence-corrected chi connectivity index (χ4v) is 3.42. The third-order valence-corrected chi connectivity index (χ3v) is 6.84. The van der Waals surface area contributed by atoms with Crippen LogP contribution in [-0.2, 0) is 16.5 Å². The second-order valence-electron chi connectivity index (χ2n) is 4.74. The van der Waals surface area contributed by atoms with E-state index < -0.39 is 0 Å². The van der Waals surface area contributed by atoms with Crippen LogP contribution in [0, 0.1) is 37.0 Å². The van der Waals surface area contributed by atoms with Crippen molar-refractivity contribution in [1.29, 1.82) is 0 Å². The molecule has 0 aliphatic heterocycles. The van der Waals surface area contributed by atoms with Gasteiger partial charge in [0, 0.05) is 0 Å². The zero-order valence-electron chi connectivity index (χ0n) is 14.4. The Labute approximate surface area is 135 Å². The van der Waals surface area contributed by atoms with Gasteiger partial charge in [-0.2, -0.15) is 0 Å². The molecule has 0 saturated heterocycles. The van der Waals surface area contributed by atoms with Crippen LogP contribution in [-0.4, -0.2) is 18.5 Å². The summed E-state index contributed by atoms with van der Waals surface area (Å²) in [5.41, 5.74) is 0. The van der Waals surface area contributed by atoms with Gasteiger partial charge in [-0.25, -0.2) is 0 Å². The van der Waals surface area contributed by atoms with E-state index in [1.807, 2.05) is 0 Å². The van der Waals surface area contributed by atoms with Gasteiger partial charge in [0.05, 0.1) is 0 Å². The first kappa shape index (κ1) is 24.9. The Bertz CT molecular complexity index is 141. The van der Waals surface area contributed by atoms with E-state index in [-0.39, 0.29) is 23.9 Å². The molecule has 1 aliphatic rings. The van der Waals surface area contributed by atoms with Crippen molar-refractivity contribution in [3.63, 3.8) is 0 Å². The molecule has 1 rings (SSSR count). The number of hydrogen-bond acceptors (Lipinski definition) is 0. The van der Waals surface area contributed by atoms with Gasteiger partial charge in [0.1, 0.15) is 0 Å². The van der Waals surface area contributed by atoms with Gasteiger partial charge in [0.2, 0.25) is 0 Å². The van der Waals surface area contributed by atoms with Crippen LogP contribution in [0.25, 0.3) is 0 Å². The normalized spacial score (nSPS) is 18.8. The molecule has 0 aromatic rings. The molecule has 0 heterocycles. The summed E-state index contributed by atoms with van der Waals surface area (Å²) < 4.78 is 0. The van der Waals surface area contributed by atoms with Gasteiger partial charge in [0.25, 0.3) is 0 Å². The molecular weight excluding hydrogens is 294 g/mol. The van der Waals surface area contributed by atoms with Gasteiger partial charge in [0.15, 0.2) is 0 Å². The van der Waals surface area contributed by atoms with E-state index in [1.54, 1.807) is 0 Å². The molecule has 0 aromatic carbocycles. The minimum Gasteiger partial charge on any atom is -0.358 e. The van der Waals surface area contributed by atoms with Gasteiger partial charge in [-0.1, -0.05) is 55.4 Å². The maximum Gasteiger partial charge on any atom is 2.00 e. The molecule has 5 radical (unpaired) electrons. The predicted octanol–water partition coefficient (Wildman–Crippen LogP) is 5.95. The molecule has 0 bridgehead atoms. The zero-order chi connectivity index (χ0) is 13.6. The number of hydrogen-bond donors (Lipinski definition) is 0. The Morgan fingerprint density at radius 2 is 0.737 bits per heavy atom. The smallest absolute Gasteiger partial charge is 0.358 e. The Balaban J connectivity index is -0.000000258. The molecule has 0 aromatic heterocycles. The SMILES string of the molecule is CCP(CC)CC.C[C]1[C](C)[C](C)[C](C)[C]1C.[CH3-].[Ni+2]. The first-order valence-electron chi connectivity index (χ1n) is 6.82. The summed E-state index contributed by atoms with van der Waals surface area (Å²) >= 11 is 0. The minimum absolute atomic E-state index is 0. The van der Waals surface area contributed by atoms with E-state index in [9.17, 15) is 0 Å². The van der Waals surface area contributed by atoms with Crippen LogP contribution in [0.5, 0.6) is 0 Å². The van der Waals surface area contributed by atoms with Gasteiger partial charge >= 0.3 is 16.5 Å². The summed E-state index contributed by atoms with van der Waals surface area (Å²) in [4.78, 5) is 0. The Morgan fingerprint density at radius 1 is 0.579 bits per heavy atom. The van der Waals surface area contributed by atoms with E-state index in [0.29, 0.717) is 7.92 Å². The zero-order valence-corrected chi connectivity index (χ0v) is 16.3. The average molecular weight is 327 g/mol. The Morgan fingerprint density at radius 3 is 0.789 bits per heavy atom. The monoisotopic (exact) mass is 326 g/mol. The molecule has 2 heteroatoms. The van der Waals surface area contributed by atoms with Crippen LogP contribution in [0.15, 0.2) is 0 Å². The molecule has 1 saturated carbocycles. The molecule has 0 unspecified atom stereocenters. The summed E-state index contributed by atoms with van der Waals surface area (Å²) in [6.45, 7) is 17.9. The van der Waals surface area contributed by atoms with Crippen molar-refractivity contribution in [3.05, 3.63) is 37.0 Å². The standard InChI is InChI=1S/C10H15.C6H15P.CH3.Ni/c1-6-7(2)9(4)10(5)8(6)3;1-4-7(5-2)6-3;;/h1-5H3;4-6H2,1-3H3;1H3;/q;;-1;+2.